The molecule has 6 nitrogen and oxygen atoms in total. The molecule has 0 amide bonds. The summed E-state index contributed by atoms with van der Waals surface area (Å²) in [6, 6.07) is 0. The van der Waals surface area contributed by atoms with Gasteiger partial charge in [-0.3, -0.25) is 0 Å². The Bertz CT molecular complexity index is 206. The van der Waals surface area contributed by atoms with Gasteiger partial charge >= 0.3 is 11.9 Å². The van der Waals surface area contributed by atoms with Crippen LogP contribution in [-0.2, 0) is 14.3 Å². The van der Waals surface area contributed by atoms with Gasteiger partial charge in [-0.1, -0.05) is 0 Å². The minimum atomic E-state index is -1.48. The van der Waals surface area contributed by atoms with Gasteiger partial charge in [-0.25, -0.2) is 9.59 Å². The maximum atomic E-state index is 10.2. The average molecular weight is 176 g/mol. The molecule has 0 aromatic carbocycles. The lowest BCUT2D eigenvalue weighted by atomic mass is 10.4. The maximum absolute atomic E-state index is 10.2. The van der Waals surface area contributed by atoms with Gasteiger partial charge in [0.2, 0.25) is 5.76 Å². The van der Waals surface area contributed by atoms with Crippen molar-refractivity contribution in [3.63, 3.8) is 0 Å². The Balaban J connectivity index is 4.23. The number of hydrogen-bond donors (Lipinski definition) is 3. The average Bonchev–Trinajstić information content (AvgIpc) is 1.96. The van der Waals surface area contributed by atoms with Gasteiger partial charge in [0.15, 0.2) is 0 Å². The van der Waals surface area contributed by atoms with Crippen LogP contribution in [0.4, 0.5) is 0 Å². The Morgan fingerprint density at radius 1 is 1.33 bits per heavy atom. The van der Waals surface area contributed by atoms with Gasteiger partial charge in [0.1, 0.15) is 6.61 Å². The predicted molar refractivity (Wildman–Crippen MR) is 36.4 cm³/mol. The highest BCUT2D eigenvalue weighted by atomic mass is 16.5. The SMILES string of the molecule is O=C(O)/C=C(\OCCO)C(=O)O. The van der Waals surface area contributed by atoms with Crippen molar-refractivity contribution in [2.75, 3.05) is 13.2 Å². The summed E-state index contributed by atoms with van der Waals surface area (Å²) in [6.07, 6.45) is 0.415. The van der Waals surface area contributed by atoms with Crippen molar-refractivity contribution in [1.82, 2.24) is 0 Å². The van der Waals surface area contributed by atoms with Crippen molar-refractivity contribution < 1.29 is 29.6 Å². The second-order valence-corrected chi connectivity index (χ2v) is 1.72. The molecule has 0 bridgehead atoms. The largest absolute Gasteiger partial charge is 0.484 e. The normalized spacial score (nSPS) is 10.9. The van der Waals surface area contributed by atoms with E-state index < -0.39 is 17.7 Å². The first-order chi connectivity index (χ1) is 5.57. The number of hydrogen-bond acceptors (Lipinski definition) is 4. The highest BCUT2D eigenvalue weighted by molar-refractivity contribution is 5.92. The first-order valence-electron chi connectivity index (χ1n) is 2.99. The number of carboxylic acids is 2. The molecule has 0 saturated heterocycles. The molecule has 0 rings (SSSR count). The van der Waals surface area contributed by atoms with Crippen LogP contribution in [0.5, 0.6) is 0 Å². The molecule has 68 valence electrons. The van der Waals surface area contributed by atoms with Gasteiger partial charge in [0.25, 0.3) is 0 Å². The highest BCUT2D eigenvalue weighted by Gasteiger charge is 2.09. The number of ether oxygens (including phenoxy) is 1. The lowest BCUT2D eigenvalue weighted by Crippen LogP contribution is -2.10. The van der Waals surface area contributed by atoms with Gasteiger partial charge in [-0.2, -0.15) is 0 Å². The zero-order valence-corrected chi connectivity index (χ0v) is 6.06. The van der Waals surface area contributed by atoms with Crippen molar-refractivity contribution in [2.24, 2.45) is 0 Å². The van der Waals surface area contributed by atoms with E-state index in [1.807, 2.05) is 0 Å². The van der Waals surface area contributed by atoms with Gasteiger partial charge < -0.3 is 20.1 Å². The van der Waals surface area contributed by atoms with Gasteiger partial charge in [-0.15, -0.1) is 0 Å². The summed E-state index contributed by atoms with van der Waals surface area (Å²) in [5, 5.41) is 24.7. The molecule has 0 radical (unpaired) electrons. The molecule has 0 aliphatic rings. The molecular weight excluding hydrogens is 168 g/mol. The first-order valence-corrected chi connectivity index (χ1v) is 2.99. The van der Waals surface area contributed by atoms with E-state index in [2.05, 4.69) is 4.74 Å². The van der Waals surface area contributed by atoms with Crippen molar-refractivity contribution in [3.05, 3.63) is 11.8 Å². The van der Waals surface area contributed by atoms with Crippen molar-refractivity contribution in [1.29, 1.82) is 0 Å². The van der Waals surface area contributed by atoms with Crippen molar-refractivity contribution >= 4 is 11.9 Å². The van der Waals surface area contributed by atoms with Gasteiger partial charge in [-0.05, 0) is 0 Å². The van der Waals surface area contributed by atoms with Crippen molar-refractivity contribution in [2.45, 2.75) is 0 Å². The minimum Gasteiger partial charge on any atom is -0.484 e. The first kappa shape index (κ1) is 10.4. The molecule has 0 saturated carbocycles. The van der Waals surface area contributed by atoms with E-state index in [-0.39, 0.29) is 13.2 Å². The summed E-state index contributed by atoms with van der Waals surface area (Å²) in [7, 11) is 0. The summed E-state index contributed by atoms with van der Waals surface area (Å²) >= 11 is 0. The zero-order valence-electron chi connectivity index (χ0n) is 6.06. The standard InChI is InChI=1S/C6H8O6/c7-1-2-12-4(6(10)11)3-5(8)9/h3,7H,1-2H2,(H,8,9)(H,10,11)/b4-3-. The fourth-order valence-electron chi connectivity index (χ4n) is 0.433. The van der Waals surface area contributed by atoms with Crippen LogP contribution in [0.3, 0.4) is 0 Å². The van der Waals surface area contributed by atoms with Crippen LogP contribution in [0.1, 0.15) is 0 Å². The third kappa shape index (κ3) is 4.29. The Morgan fingerprint density at radius 3 is 2.25 bits per heavy atom. The Kier molecular flexibility index (Phi) is 4.47. The van der Waals surface area contributed by atoms with E-state index in [9.17, 15) is 9.59 Å². The Hall–Kier alpha value is -1.56. The fourth-order valence-corrected chi connectivity index (χ4v) is 0.433. The molecule has 0 aromatic rings. The molecule has 0 fully saturated rings. The summed E-state index contributed by atoms with van der Waals surface area (Å²) in [6.45, 7) is -0.615. The molecule has 6 heteroatoms. The smallest absolute Gasteiger partial charge is 0.371 e. The van der Waals surface area contributed by atoms with E-state index >= 15 is 0 Å². The predicted octanol–water partition coefficient (Wildman–Crippen LogP) is -0.952. The minimum absolute atomic E-state index is 0.245. The van der Waals surface area contributed by atoms with Crippen LogP contribution >= 0.6 is 0 Å². The quantitative estimate of drug-likeness (QED) is 0.368. The molecule has 0 atom stereocenters. The van der Waals surface area contributed by atoms with Crippen LogP contribution in [0.2, 0.25) is 0 Å². The summed E-state index contributed by atoms with van der Waals surface area (Å²) < 4.78 is 4.39. The second kappa shape index (κ2) is 5.14. The van der Waals surface area contributed by atoms with Crippen LogP contribution < -0.4 is 0 Å². The molecule has 0 aromatic heterocycles. The number of aliphatic carboxylic acids is 2. The molecule has 0 unspecified atom stereocenters. The van der Waals surface area contributed by atoms with Crippen molar-refractivity contribution in [3.8, 4) is 0 Å². The number of carbonyl (C=O) groups is 2. The third-order valence-electron chi connectivity index (χ3n) is 0.814. The third-order valence-corrected chi connectivity index (χ3v) is 0.814. The van der Waals surface area contributed by atoms with Crippen LogP contribution in [0.15, 0.2) is 11.8 Å². The Labute approximate surface area is 67.7 Å². The molecule has 3 N–H and O–H groups in total. The number of rotatable bonds is 5. The van der Waals surface area contributed by atoms with Crippen LogP contribution in [0, 0.1) is 0 Å². The van der Waals surface area contributed by atoms with E-state index in [1.54, 1.807) is 0 Å². The van der Waals surface area contributed by atoms with E-state index in [1.165, 1.54) is 0 Å². The summed E-state index contributed by atoms with van der Waals surface area (Å²) in [4.78, 5) is 20.2. The molecule has 12 heavy (non-hydrogen) atoms. The fraction of sp³-hybridized carbons (Fsp3) is 0.333. The number of carboxylic acid groups (broad SMARTS) is 2. The Morgan fingerprint density at radius 2 is 1.92 bits per heavy atom. The topological polar surface area (TPSA) is 104 Å². The number of aliphatic hydroxyl groups excluding tert-OH is 1. The molecular formula is C6H8O6. The second-order valence-electron chi connectivity index (χ2n) is 1.72. The molecule has 0 heterocycles. The van der Waals surface area contributed by atoms with Gasteiger partial charge in [0, 0.05) is 0 Å². The monoisotopic (exact) mass is 176 g/mol. The number of aliphatic hydroxyl groups is 1. The van der Waals surface area contributed by atoms with Crippen LogP contribution in [0.25, 0.3) is 0 Å². The maximum Gasteiger partial charge on any atom is 0.371 e. The lowest BCUT2D eigenvalue weighted by Gasteiger charge is -2.02. The van der Waals surface area contributed by atoms with Gasteiger partial charge in [0.05, 0.1) is 12.7 Å². The lowest BCUT2D eigenvalue weighted by molar-refractivity contribution is -0.138. The van der Waals surface area contributed by atoms with Crippen LogP contribution in [-0.4, -0.2) is 40.5 Å². The van der Waals surface area contributed by atoms with E-state index in [0.29, 0.717) is 6.08 Å². The highest BCUT2D eigenvalue weighted by Crippen LogP contribution is 1.96. The molecule has 0 spiro atoms. The molecule has 0 aliphatic carbocycles. The summed E-state index contributed by atoms with van der Waals surface area (Å²) in [5.74, 6) is -3.59. The van der Waals surface area contributed by atoms with E-state index in [0.717, 1.165) is 0 Å². The van der Waals surface area contributed by atoms with E-state index in [4.69, 9.17) is 15.3 Å². The zero-order chi connectivity index (χ0) is 9.56. The summed E-state index contributed by atoms with van der Waals surface area (Å²) in [5.41, 5.74) is 0. The molecule has 0 aliphatic heterocycles.